The zero-order valence-corrected chi connectivity index (χ0v) is 10.0. The highest BCUT2D eigenvalue weighted by molar-refractivity contribution is 5.45. The molecule has 0 saturated carbocycles. The van der Waals surface area contributed by atoms with Gasteiger partial charge in [0.05, 0.1) is 19.2 Å². The third-order valence-corrected chi connectivity index (χ3v) is 2.43. The summed E-state index contributed by atoms with van der Waals surface area (Å²) in [5.74, 6) is -2.67. The summed E-state index contributed by atoms with van der Waals surface area (Å²) in [6, 6.07) is 3.37. The van der Waals surface area contributed by atoms with Crippen LogP contribution in [-0.4, -0.2) is 20.7 Å². The second-order valence-electron chi connectivity index (χ2n) is 3.89. The van der Waals surface area contributed by atoms with Crippen LogP contribution in [0.4, 0.5) is 8.78 Å². The Hall–Kier alpha value is -1.16. The highest BCUT2D eigenvalue weighted by atomic mass is 19.3. The van der Waals surface area contributed by atoms with E-state index in [4.69, 9.17) is 4.74 Å². The number of methoxy groups -OCH3 is 1. The molecule has 0 atom stereocenters. The minimum Gasteiger partial charge on any atom is -0.496 e. The molecule has 0 unspecified atom stereocenters. The Bertz CT molecular complexity index is 378. The molecule has 0 spiro atoms. The van der Waals surface area contributed by atoms with E-state index in [9.17, 15) is 8.78 Å². The first-order valence-corrected chi connectivity index (χ1v) is 5.10. The number of benzene rings is 1. The number of likely N-dealkylation sites (N-methyl/N-ethyl adjacent to an activating group) is 1. The molecule has 1 aromatic rings. The molecule has 0 heterocycles. The van der Waals surface area contributed by atoms with Crippen LogP contribution in [0.1, 0.15) is 16.7 Å². The summed E-state index contributed by atoms with van der Waals surface area (Å²) >= 11 is 0. The first-order chi connectivity index (χ1) is 7.42. The molecule has 4 heteroatoms. The normalized spacial score (nSPS) is 11.6. The van der Waals surface area contributed by atoms with Crippen molar-refractivity contribution in [3.8, 4) is 5.75 Å². The summed E-state index contributed by atoms with van der Waals surface area (Å²) < 4.78 is 32.7. The number of ether oxygens (including phenoxy) is 1. The molecule has 0 aliphatic heterocycles. The first kappa shape index (κ1) is 12.9. The fourth-order valence-corrected chi connectivity index (χ4v) is 1.87. The summed E-state index contributed by atoms with van der Waals surface area (Å²) in [5.41, 5.74) is 1.44. The van der Waals surface area contributed by atoms with Gasteiger partial charge in [-0.2, -0.15) is 8.78 Å². The van der Waals surface area contributed by atoms with Crippen LogP contribution in [0.25, 0.3) is 0 Å². The maximum Gasteiger partial charge on any atom is 0.289 e. The van der Waals surface area contributed by atoms with Crippen molar-refractivity contribution in [1.29, 1.82) is 0 Å². The topological polar surface area (TPSA) is 21.3 Å². The third-order valence-electron chi connectivity index (χ3n) is 2.43. The lowest BCUT2D eigenvalue weighted by Gasteiger charge is -2.21. The van der Waals surface area contributed by atoms with Crippen LogP contribution in [0.15, 0.2) is 12.1 Å². The van der Waals surface area contributed by atoms with E-state index in [2.05, 4.69) is 5.32 Å². The standard InChI is InChI=1S/C12H17F2NO/c1-8-5-9(2)11(10(6-8)16-4)12(13,14)7-15-3/h5-6,15H,7H2,1-4H3. The van der Waals surface area contributed by atoms with Gasteiger partial charge in [-0.1, -0.05) is 6.07 Å². The number of aryl methyl sites for hydroxylation is 2. The number of halogens is 2. The zero-order chi connectivity index (χ0) is 12.3. The van der Waals surface area contributed by atoms with Gasteiger partial charge in [-0.05, 0) is 38.1 Å². The highest BCUT2D eigenvalue weighted by Crippen LogP contribution is 2.37. The minimum absolute atomic E-state index is 0.0325. The molecular formula is C12H17F2NO. The second-order valence-corrected chi connectivity index (χ2v) is 3.89. The lowest BCUT2D eigenvalue weighted by Crippen LogP contribution is -2.29. The molecular weight excluding hydrogens is 212 g/mol. The summed E-state index contributed by atoms with van der Waals surface area (Å²) in [7, 11) is 2.91. The summed E-state index contributed by atoms with van der Waals surface area (Å²) in [6.45, 7) is 3.14. The first-order valence-electron chi connectivity index (χ1n) is 5.10. The van der Waals surface area contributed by atoms with Crippen molar-refractivity contribution in [3.05, 3.63) is 28.8 Å². The monoisotopic (exact) mass is 229 g/mol. The maximum absolute atomic E-state index is 13.9. The Balaban J connectivity index is 3.31. The van der Waals surface area contributed by atoms with Crippen molar-refractivity contribution >= 4 is 0 Å². The van der Waals surface area contributed by atoms with Crippen LogP contribution < -0.4 is 10.1 Å². The SMILES string of the molecule is CNCC(F)(F)c1c(C)cc(C)cc1OC. The van der Waals surface area contributed by atoms with Gasteiger partial charge in [0.2, 0.25) is 0 Å². The molecule has 16 heavy (non-hydrogen) atoms. The third kappa shape index (κ3) is 2.50. The van der Waals surface area contributed by atoms with Crippen molar-refractivity contribution in [2.45, 2.75) is 19.8 Å². The number of hydrogen-bond acceptors (Lipinski definition) is 2. The molecule has 0 bridgehead atoms. The van der Waals surface area contributed by atoms with Crippen molar-refractivity contribution in [1.82, 2.24) is 5.32 Å². The van der Waals surface area contributed by atoms with Crippen molar-refractivity contribution in [2.75, 3.05) is 20.7 Å². The van der Waals surface area contributed by atoms with Crippen LogP contribution in [0.5, 0.6) is 5.75 Å². The zero-order valence-electron chi connectivity index (χ0n) is 10.0. The van der Waals surface area contributed by atoms with Gasteiger partial charge in [0.25, 0.3) is 5.92 Å². The van der Waals surface area contributed by atoms with Gasteiger partial charge < -0.3 is 10.1 Å². The van der Waals surface area contributed by atoms with E-state index in [1.807, 2.05) is 6.92 Å². The Labute approximate surface area is 94.6 Å². The second kappa shape index (κ2) is 4.78. The van der Waals surface area contributed by atoms with Crippen molar-refractivity contribution in [2.24, 2.45) is 0 Å². The lowest BCUT2D eigenvalue weighted by atomic mass is 9.99. The fourth-order valence-electron chi connectivity index (χ4n) is 1.87. The van der Waals surface area contributed by atoms with Gasteiger partial charge in [0, 0.05) is 0 Å². The Morgan fingerprint density at radius 3 is 2.44 bits per heavy atom. The van der Waals surface area contributed by atoms with Gasteiger partial charge >= 0.3 is 0 Å². The predicted molar refractivity (Wildman–Crippen MR) is 60.3 cm³/mol. The number of alkyl halides is 2. The Morgan fingerprint density at radius 2 is 1.94 bits per heavy atom. The predicted octanol–water partition coefficient (Wildman–Crippen LogP) is 2.62. The van der Waals surface area contributed by atoms with Crippen LogP contribution >= 0.6 is 0 Å². The molecule has 1 aromatic carbocycles. The fraction of sp³-hybridized carbons (Fsp3) is 0.500. The quantitative estimate of drug-likeness (QED) is 0.857. The number of nitrogens with one attached hydrogen (secondary N) is 1. The van der Waals surface area contributed by atoms with E-state index in [1.54, 1.807) is 19.1 Å². The van der Waals surface area contributed by atoms with Crippen LogP contribution in [-0.2, 0) is 5.92 Å². The van der Waals surface area contributed by atoms with Crippen LogP contribution in [0.2, 0.25) is 0 Å². The molecule has 0 fully saturated rings. The molecule has 1 N–H and O–H groups in total. The molecule has 0 aliphatic carbocycles. The average molecular weight is 229 g/mol. The summed E-state index contributed by atoms with van der Waals surface area (Å²) in [5, 5.41) is 2.49. The Kier molecular flexibility index (Phi) is 3.86. The van der Waals surface area contributed by atoms with Gasteiger partial charge in [0.1, 0.15) is 5.75 Å². The van der Waals surface area contributed by atoms with E-state index < -0.39 is 12.5 Å². The van der Waals surface area contributed by atoms with Gasteiger partial charge in [-0.15, -0.1) is 0 Å². The van der Waals surface area contributed by atoms with Gasteiger partial charge in [-0.25, -0.2) is 0 Å². The van der Waals surface area contributed by atoms with Crippen LogP contribution in [0.3, 0.4) is 0 Å². The minimum atomic E-state index is -2.92. The summed E-state index contributed by atoms with van der Waals surface area (Å²) in [6.07, 6.45) is 0. The largest absolute Gasteiger partial charge is 0.496 e. The van der Waals surface area contributed by atoms with Gasteiger partial charge in [-0.3, -0.25) is 0 Å². The molecule has 0 amide bonds. The Morgan fingerprint density at radius 1 is 1.31 bits per heavy atom. The van der Waals surface area contributed by atoms with E-state index in [1.165, 1.54) is 14.2 Å². The van der Waals surface area contributed by atoms with E-state index in [0.29, 0.717) is 5.56 Å². The smallest absolute Gasteiger partial charge is 0.289 e. The maximum atomic E-state index is 13.9. The highest BCUT2D eigenvalue weighted by Gasteiger charge is 2.35. The molecule has 0 radical (unpaired) electrons. The average Bonchev–Trinajstić information content (AvgIpc) is 2.15. The van der Waals surface area contributed by atoms with E-state index in [-0.39, 0.29) is 11.3 Å². The van der Waals surface area contributed by atoms with E-state index in [0.717, 1.165) is 5.56 Å². The summed E-state index contributed by atoms with van der Waals surface area (Å²) in [4.78, 5) is 0. The van der Waals surface area contributed by atoms with Crippen molar-refractivity contribution < 1.29 is 13.5 Å². The molecule has 1 rings (SSSR count). The number of rotatable bonds is 4. The molecule has 2 nitrogen and oxygen atoms in total. The van der Waals surface area contributed by atoms with Crippen molar-refractivity contribution in [3.63, 3.8) is 0 Å². The molecule has 0 saturated heterocycles. The molecule has 0 aliphatic rings. The lowest BCUT2D eigenvalue weighted by molar-refractivity contribution is -0.00404. The van der Waals surface area contributed by atoms with Crippen LogP contribution in [0, 0.1) is 13.8 Å². The number of hydrogen-bond donors (Lipinski definition) is 1. The molecule has 0 aromatic heterocycles. The van der Waals surface area contributed by atoms with E-state index >= 15 is 0 Å². The van der Waals surface area contributed by atoms with Gasteiger partial charge in [0.15, 0.2) is 0 Å². The molecule has 90 valence electrons.